The van der Waals surface area contributed by atoms with Gasteiger partial charge in [0.25, 0.3) is 0 Å². The maximum Gasteiger partial charge on any atom is 0.348 e. The fourth-order valence-electron chi connectivity index (χ4n) is 1.64. The van der Waals surface area contributed by atoms with E-state index in [-0.39, 0.29) is 12.2 Å². The van der Waals surface area contributed by atoms with Crippen LogP contribution in [0.25, 0.3) is 6.08 Å². The summed E-state index contributed by atoms with van der Waals surface area (Å²) in [5.41, 5.74) is 0.439. The summed E-state index contributed by atoms with van der Waals surface area (Å²) in [6.45, 7) is 4.13. The number of halogens is 1. The molecule has 0 aliphatic rings. The average Bonchev–Trinajstić information content (AvgIpc) is 2.45. The van der Waals surface area contributed by atoms with Gasteiger partial charge in [0, 0.05) is 0 Å². The monoisotopic (exact) mass is 309 g/mol. The molecule has 1 rings (SSSR count). The van der Waals surface area contributed by atoms with Crippen LogP contribution >= 0.6 is 11.6 Å². The summed E-state index contributed by atoms with van der Waals surface area (Å²) in [6.07, 6.45) is 1.39. The zero-order valence-corrected chi connectivity index (χ0v) is 12.9. The lowest BCUT2D eigenvalue weighted by atomic mass is 10.1. The predicted molar refractivity (Wildman–Crippen MR) is 79.4 cm³/mol. The summed E-state index contributed by atoms with van der Waals surface area (Å²) < 4.78 is 15.4. The van der Waals surface area contributed by atoms with Crippen molar-refractivity contribution >= 4 is 23.6 Å². The molecule has 0 aliphatic carbocycles. The second-order valence-electron chi connectivity index (χ2n) is 3.86. The van der Waals surface area contributed by atoms with Crippen molar-refractivity contribution in [3.8, 4) is 17.6 Å². The van der Waals surface area contributed by atoms with Crippen molar-refractivity contribution in [1.82, 2.24) is 0 Å². The molecule has 1 aromatic carbocycles. The molecule has 0 spiro atoms. The van der Waals surface area contributed by atoms with E-state index >= 15 is 0 Å². The van der Waals surface area contributed by atoms with Crippen LogP contribution in [0.15, 0.2) is 17.7 Å². The SMILES string of the molecule is CCOC(=O)/C(C#N)=C/c1cc(Cl)c(OC)c(OCC)c1. The molecule has 6 heteroatoms. The van der Waals surface area contributed by atoms with Gasteiger partial charge in [-0.25, -0.2) is 4.79 Å². The van der Waals surface area contributed by atoms with Crippen LogP contribution in [-0.4, -0.2) is 26.3 Å². The van der Waals surface area contributed by atoms with Crippen LogP contribution in [0.1, 0.15) is 19.4 Å². The molecule has 0 unspecified atom stereocenters. The van der Waals surface area contributed by atoms with Crippen LogP contribution in [0.3, 0.4) is 0 Å². The van der Waals surface area contributed by atoms with E-state index in [1.165, 1.54) is 13.2 Å². The highest BCUT2D eigenvalue weighted by Crippen LogP contribution is 2.36. The number of nitrogens with zero attached hydrogens (tertiary/aromatic N) is 1. The molecule has 0 aliphatic heterocycles. The smallest absolute Gasteiger partial charge is 0.348 e. The molecule has 0 bridgehead atoms. The largest absolute Gasteiger partial charge is 0.491 e. The van der Waals surface area contributed by atoms with Crippen LogP contribution in [0.5, 0.6) is 11.5 Å². The van der Waals surface area contributed by atoms with Crippen molar-refractivity contribution in [2.24, 2.45) is 0 Å². The number of methoxy groups -OCH3 is 1. The van der Waals surface area contributed by atoms with Gasteiger partial charge in [0.15, 0.2) is 11.5 Å². The van der Waals surface area contributed by atoms with Gasteiger partial charge in [-0.2, -0.15) is 5.26 Å². The van der Waals surface area contributed by atoms with E-state index in [0.29, 0.717) is 28.7 Å². The van der Waals surface area contributed by atoms with Crippen LogP contribution < -0.4 is 9.47 Å². The van der Waals surface area contributed by atoms with E-state index in [1.54, 1.807) is 25.1 Å². The standard InChI is InChI=1S/C15H16ClNO4/c1-4-20-13-8-10(7-12(16)14(13)19-3)6-11(9-17)15(18)21-5-2/h6-8H,4-5H2,1-3H3/b11-6+. The summed E-state index contributed by atoms with van der Waals surface area (Å²) in [5, 5.41) is 9.35. The fourth-order valence-corrected chi connectivity index (χ4v) is 1.94. The molecule has 0 fully saturated rings. The summed E-state index contributed by atoms with van der Waals surface area (Å²) in [5.74, 6) is 0.176. The third-order valence-electron chi connectivity index (χ3n) is 2.46. The molecule has 0 radical (unpaired) electrons. The van der Waals surface area contributed by atoms with Gasteiger partial charge in [0.2, 0.25) is 0 Å². The molecule has 112 valence electrons. The first kappa shape index (κ1) is 16.9. The van der Waals surface area contributed by atoms with Crippen molar-refractivity contribution in [2.45, 2.75) is 13.8 Å². The number of carbonyl (C=O) groups is 1. The number of nitriles is 1. The number of ether oxygens (including phenoxy) is 3. The van der Waals surface area contributed by atoms with Gasteiger partial charge in [-0.05, 0) is 37.6 Å². The third-order valence-corrected chi connectivity index (χ3v) is 2.74. The first-order chi connectivity index (χ1) is 10.1. The van der Waals surface area contributed by atoms with Crippen LogP contribution in [0.2, 0.25) is 5.02 Å². The summed E-state index contributed by atoms with van der Waals surface area (Å²) in [7, 11) is 1.48. The van der Waals surface area contributed by atoms with E-state index in [0.717, 1.165) is 0 Å². The Morgan fingerprint density at radius 2 is 2.10 bits per heavy atom. The Balaban J connectivity index is 3.24. The minimum absolute atomic E-state index is 0.111. The Kier molecular flexibility index (Phi) is 6.57. The summed E-state index contributed by atoms with van der Waals surface area (Å²) >= 11 is 6.10. The minimum atomic E-state index is -0.676. The zero-order valence-electron chi connectivity index (χ0n) is 12.1. The number of hydrogen-bond donors (Lipinski definition) is 0. The van der Waals surface area contributed by atoms with Crippen LogP contribution in [-0.2, 0) is 9.53 Å². The summed E-state index contributed by atoms with van der Waals surface area (Å²) in [4.78, 5) is 11.6. The lowest BCUT2D eigenvalue weighted by molar-refractivity contribution is -0.137. The Morgan fingerprint density at radius 3 is 2.62 bits per heavy atom. The molecular formula is C15H16ClNO4. The number of benzene rings is 1. The molecule has 0 N–H and O–H groups in total. The number of esters is 1. The van der Waals surface area contributed by atoms with Crippen molar-refractivity contribution in [1.29, 1.82) is 5.26 Å². The van der Waals surface area contributed by atoms with Crippen molar-refractivity contribution < 1.29 is 19.0 Å². The van der Waals surface area contributed by atoms with E-state index in [9.17, 15) is 4.79 Å². The molecule has 0 aromatic heterocycles. The maximum atomic E-state index is 11.6. The van der Waals surface area contributed by atoms with Crippen LogP contribution in [0.4, 0.5) is 0 Å². The normalized spacial score (nSPS) is 10.7. The van der Waals surface area contributed by atoms with E-state index in [2.05, 4.69) is 0 Å². The first-order valence-electron chi connectivity index (χ1n) is 6.36. The van der Waals surface area contributed by atoms with Crippen molar-refractivity contribution in [2.75, 3.05) is 20.3 Å². The summed E-state index contributed by atoms with van der Waals surface area (Å²) in [6, 6.07) is 5.03. The van der Waals surface area contributed by atoms with Gasteiger partial charge in [-0.3, -0.25) is 0 Å². The van der Waals surface area contributed by atoms with Crippen LogP contribution in [0, 0.1) is 11.3 Å². The Labute approximate surface area is 128 Å². The number of hydrogen-bond acceptors (Lipinski definition) is 5. The molecule has 0 heterocycles. The predicted octanol–water partition coefficient (Wildman–Crippen LogP) is 3.22. The molecular weight excluding hydrogens is 294 g/mol. The molecule has 21 heavy (non-hydrogen) atoms. The Hall–Kier alpha value is -2.19. The highest BCUT2D eigenvalue weighted by atomic mass is 35.5. The number of rotatable bonds is 6. The lowest BCUT2D eigenvalue weighted by Crippen LogP contribution is -2.06. The van der Waals surface area contributed by atoms with Gasteiger partial charge < -0.3 is 14.2 Å². The van der Waals surface area contributed by atoms with E-state index in [1.807, 2.05) is 6.92 Å². The Bertz CT molecular complexity index is 590. The van der Waals surface area contributed by atoms with Gasteiger partial charge in [-0.1, -0.05) is 11.6 Å². The zero-order chi connectivity index (χ0) is 15.8. The Morgan fingerprint density at radius 1 is 1.38 bits per heavy atom. The second-order valence-corrected chi connectivity index (χ2v) is 4.26. The first-order valence-corrected chi connectivity index (χ1v) is 6.74. The fraction of sp³-hybridized carbons (Fsp3) is 0.333. The molecule has 5 nitrogen and oxygen atoms in total. The van der Waals surface area contributed by atoms with E-state index < -0.39 is 5.97 Å². The maximum absolute atomic E-state index is 11.6. The molecule has 0 amide bonds. The molecule has 0 atom stereocenters. The quantitative estimate of drug-likeness (QED) is 0.458. The highest BCUT2D eigenvalue weighted by Gasteiger charge is 2.14. The lowest BCUT2D eigenvalue weighted by Gasteiger charge is -2.12. The minimum Gasteiger partial charge on any atom is -0.491 e. The van der Waals surface area contributed by atoms with Gasteiger partial charge >= 0.3 is 5.97 Å². The van der Waals surface area contributed by atoms with Gasteiger partial charge in [0.1, 0.15) is 11.6 Å². The van der Waals surface area contributed by atoms with Crippen molar-refractivity contribution in [3.05, 3.63) is 28.3 Å². The second kappa shape index (κ2) is 8.18. The molecule has 0 saturated carbocycles. The average molecular weight is 310 g/mol. The topological polar surface area (TPSA) is 68.6 Å². The molecule has 0 saturated heterocycles. The van der Waals surface area contributed by atoms with Crippen molar-refractivity contribution in [3.63, 3.8) is 0 Å². The molecule has 1 aromatic rings. The number of carbonyl (C=O) groups excluding carboxylic acids is 1. The highest BCUT2D eigenvalue weighted by molar-refractivity contribution is 6.32. The van der Waals surface area contributed by atoms with Gasteiger partial charge in [0.05, 0.1) is 25.3 Å². The third kappa shape index (κ3) is 4.40. The van der Waals surface area contributed by atoms with E-state index in [4.69, 9.17) is 31.1 Å². The van der Waals surface area contributed by atoms with Gasteiger partial charge in [-0.15, -0.1) is 0 Å².